The summed E-state index contributed by atoms with van der Waals surface area (Å²) in [7, 11) is -6.66. The van der Waals surface area contributed by atoms with E-state index in [0.29, 0.717) is 0 Å². The Kier molecular flexibility index (Phi) is 12.9. The number of carbonyl (C=O) groups excluding carboxylic acids is 2. The zero-order valence-corrected chi connectivity index (χ0v) is 26.5. The Labute approximate surface area is 251 Å². The summed E-state index contributed by atoms with van der Waals surface area (Å²) in [5.74, 6) is 1.60. The van der Waals surface area contributed by atoms with Gasteiger partial charge in [0.15, 0.2) is 33.2 Å². The molecule has 15 heteroatoms. The molecule has 0 saturated heterocycles. The van der Waals surface area contributed by atoms with Gasteiger partial charge >= 0.3 is 32.6 Å². The maximum atomic E-state index is 12.2. The summed E-state index contributed by atoms with van der Waals surface area (Å²) in [4.78, 5) is 24.4. The predicted octanol–water partition coefficient (Wildman–Crippen LogP) is 2.83. The fraction of sp³-hybridized carbons (Fsp3) is 0.481. The number of ether oxygens (including phenoxy) is 2. The first-order chi connectivity index (χ1) is 18.9. The fourth-order valence-corrected chi connectivity index (χ4v) is 5.42. The summed E-state index contributed by atoms with van der Waals surface area (Å²) in [6.45, 7) is 11.5. The van der Waals surface area contributed by atoms with Gasteiger partial charge in [0, 0.05) is 10.8 Å². The van der Waals surface area contributed by atoms with Crippen molar-refractivity contribution in [3.63, 3.8) is 0 Å². The van der Waals surface area contributed by atoms with Crippen LogP contribution in [0, 0.1) is 18.0 Å². The van der Waals surface area contributed by atoms with E-state index in [2.05, 4.69) is 0 Å². The normalized spacial score (nSPS) is 13.5. The number of hydrogen-bond donors (Lipinski definition) is 0. The van der Waals surface area contributed by atoms with Gasteiger partial charge in [-0.05, 0) is 24.3 Å². The summed E-state index contributed by atoms with van der Waals surface area (Å²) in [6.07, 6.45) is -11.1. The second kappa shape index (κ2) is 14.4. The van der Waals surface area contributed by atoms with Crippen molar-refractivity contribution in [3.8, 4) is 11.5 Å². The van der Waals surface area contributed by atoms with E-state index in [1.54, 1.807) is 0 Å². The summed E-state index contributed by atoms with van der Waals surface area (Å²) in [5, 5.41) is -5.99. The number of hydrogen-bond acceptors (Lipinski definition) is 7. The van der Waals surface area contributed by atoms with Crippen LogP contribution in [0.2, 0.25) is 0 Å². The zero-order valence-electron chi connectivity index (χ0n) is 23.5. The third-order valence-corrected chi connectivity index (χ3v) is 9.00. The van der Waals surface area contributed by atoms with Crippen LogP contribution in [0.5, 0.6) is 11.5 Å². The number of benzene rings is 2. The molecule has 0 radical (unpaired) electrons. The molecule has 2 rings (SSSR count). The summed E-state index contributed by atoms with van der Waals surface area (Å²) in [6, 6.07) is 15.6. The number of ketones is 2. The second-order valence-corrected chi connectivity index (χ2v) is 15.1. The molecule has 0 aliphatic heterocycles. The molecule has 2 aromatic rings. The number of carbonyl (C=O) groups is 2. The van der Waals surface area contributed by atoms with Crippen molar-refractivity contribution in [2.45, 2.75) is 59.1 Å². The summed E-state index contributed by atoms with van der Waals surface area (Å²) >= 11 is -0.609. The summed E-state index contributed by atoms with van der Waals surface area (Å²) in [5.41, 5.74) is -0.853. The average molecular weight is 740 g/mol. The first-order valence-corrected chi connectivity index (χ1v) is 15.6. The molecule has 0 aromatic heterocycles. The molecule has 0 fully saturated rings. The molecule has 0 N–H and O–H groups in total. The molecule has 0 amide bonds. The molecule has 0 aliphatic carbocycles. The van der Waals surface area contributed by atoms with Crippen LogP contribution in [0.4, 0.5) is 26.3 Å². The number of Topliss-reactive ketones (excluding diaryl/α,β-unsaturated/α-hetero) is 2. The van der Waals surface area contributed by atoms with Crippen LogP contribution in [0.15, 0.2) is 48.5 Å². The van der Waals surface area contributed by atoms with Crippen LogP contribution >= 0.6 is 0 Å². The molecule has 42 heavy (non-hydrogen) atoms. The molecule has 0 spiro atoms. The van der Waals surface area contributed by atoms with Crippen LogP contribution in [0.1, 0.15) is 41.5 Å². The highest BCUT2D eigenvalue weighted by atomic mass is 127. The Morgan fingerprint density at radius 1 is 0.762 bits per heavy atom. The number of halogens is 7. The van der Waals surface area contributed by atoms with Crippen LogP contribution < -0.4 is 30.7 Å². The minimum Gasteiger partial charge on any atom is -0.743 e. The maximum Gasteiger partial charge on any atom is 0.426 e. The van der Waals surface area contributed by atoms with Crippen LogP contribution in [-0.2, 0) is 19.7 Å². The molecule has 2 aromatic carbocycles. The van der Waals surface area contributed by atoms with E-state index in [1.165, 1.54) is 0 Å². The van der Waals surface area contributed by atoms with Crippen molar-refractivity contribution in [2.75, 3.05) is 13.2 Å². The number of rotatable bonds is 10. The van der Waals surface area contributed by atoms with Crippen molar-refractivity contribution in [3.05, 3.63) is 55.7 Å². The van der Waals surface area contributed by atoms with E-state index in [1.807, 2.05) is 90.1 Å². The second-order valence-electron chi connectivity index (χ2n) is 10.8. The highest BCUT2D eigenvalue weighted by Crippen LogP contribution is 2.37. The van der Waals surface area contributed by atoms with Crippen LogP contribution in [0.3, 0.4) is 0 Å². The third kappa shape index (κ3) is 11.4. The molecular formula is C27H31F6IO7S. The maximum absolute atomic E-state index is 12.2. The Bertz CT molecular complexity index is 1260. The van der Waals surface area contributed by atoms with Crippen molar-refractivity contribution in [2.24, 2.45) is 10.8 Å². The quantitative estimate of drug-likeness (QED) is 0.210. The van der Waals surface area contributed by atoms with E-state index in [9.17, 15) is 48.9 Å². The Hall–Kier alpha value is -2.40. The van der Waals surface area contributed by atoms with Gasteiger partial charge in [0.2, 0.25) is 7.14 Å². The van der Waals surface area contributed by atoms with Gasteiger partial charge in [-0.2, -0.15) is 22.0 Å². The standard InChI is InChI=1S/C24H30IO4.C3H2F6O3S/c1-23(2,3)21(26)15-28-19-13-9-7-11-17(19)25-18-12-8-10-14-20(18)29-16-22(27)24(4,5)6;4-1(2(5,6)7)3(8,9)13(10,11)12/h7-14H,15-16H2,1-6H3;1H,(H,10,11,12)/q+1;/p-1. The van der Waals surface area contributed by atoms with Gasteiger partial charge in [-0.3, -0.25) is 9.59 Å². The largest absolute Gasteiger partial charge is 0.743 e. The lowest BCUT2D eigenvalue weighted by molar-refractivity contribution is -0.598. The lowest BCUT2D eigenvalue weighted by Crippen LogP contribution is -3.61. The van der Waals surface area contributed by atoms with Crippen molar-refractivity contribution < 1.29 is 79.6 Å². The molecule has 1 unspecified atom stereocenters. The third-order valence-electron chi connectivity index (χ3n) is 5.18. The minimum absolute atomic E-state index is 0.0580. The Balaban J connectivity index is 0.000000572. The highest BCUT2D eigenvalue weighted by molar-refractivity contribution is 7.86. The molecular weight excluding hydrogens is 709 g/mol. The van der Waals surface area contributed by atoms with E-state index < -0.39 is 59.8 Å². The zero-order chi connectivity index (χ0) is 32.7. The van der Waals surface area contributed by atoms with E-state index in [-0.39, 0.29) is 24.8 Å². The van der Waals surface area contributed by atoms with Gasteiger partial charge in [-0.25, -0.2) is 12.8 Å². The monoisotopic (exact) mass is 740 g/mol. The lowest BCUT2D eigenvalue weighted by atomic mass is 9.91. The smallest absolute Gasteiger partial charge is 0.426 e. The van der Waals surface area contributed by atoms with E-state index >= 15 is 0 Å². The molecule has 1 atom stereocenters. The summed E-state index contributed by atoms with van der Waals surface area (Å²) < 4.78 is 111. The molecule has 0 saturated carbocycles. The van der Waals surface area contributed by atoms with Gasteiger partial charge in [-0.15, -0.1) is 0 Å². The number of alkyl halides is 6. The molecule has 0 heterocycles. The SMILES string of the molecule is CC(C)(C)C(=O)COc1ccccc1[I+]c1ccccc1OCC(=O)C(C)(C)C.O=S(=O)([O-])C(F)(F)C(F)C(F)(F)F. The molecule has 7 nitrogen and oxygen atoms in total. The van der Waals surface area contributed by atoms with E-state index in [0.717, 1.165) is 18.6 Å². The first-order valence-electron chi connectivity index (χ1n) is 12.1. The van der Waals surface area contributed by atoms with Crippen LogP contribution in [-0.4, -0.2) is 55.4 Å². The van der Waals surface area contributed by atoms with Gasteiger partial charge in [0.05, 0.1) is 0 Å². The van der Waals surface area contributed by atoms with Gasteiger partial charge < -0.3 is 14.0 Å². The molecule has 0 bridgehead atoms. The topological polar surface area (TPSA) is 110 Å². The minimum atomic E-state index is -6.66. The van der Waals surface area contributed by atoms with Crippen molar-refractivity contribution >= 4 is 21.7 Å². The van der Waals surface area contributed by atoms with Crippen molar-refractivity contribution in [1.29, 1.82) is 0 Å². The van der Waals surface area contributed by atoms with Crippen molar-refractivity contribution in [1.82, 2.24) is 0 Å². The fourth-order valence-electron chi connectivity index (χ4n) is 2.43. The Morgan fingerprint density at radius 2 is 1.10 bits per heavy atom. The first kappa shape index (κ1) is 37.6. The Morgan fingerprint density at radius 3 is 1.36 bits per heavy atom. The van der Waals surface area contributed by atoms with Gasteiger partial charge in [-0.1, -0.05) is 65.8 Å². The lowest BCUT2D eigenvalue weighted by Gasteiger charge is -2.24. The van der Waals surface area contributed by atoms with Gasteiger partial charge in [0.25, 0.3) is 6.17 Å². The van der Waals surface area contributed by atoms with Crippen LogP contribution in [0.25, 0.3) is 0 Å². The number of para-hydroxylation sites is 2. The molecule has 0 aliphatic rings. The molecule has 236 valence electrons. The van der Waals surface area contributed by atoms with E-state index in [4.69, 9.17) is 9.47 Å². The predicted molar refractivity (Wildman–Crippen MR) is 136 cm³/mol. The average Bonchev–Trinajstić information content (AvgIpc) is 2.84. The highest BCUT2D eigenvalue weighted by Gasteiger charge is 2.61. The van der Waals surface area contributed by atoms with Gasteiger partial charge in [0.1, 0.15) is 13.2 Å².